The summed E-state index contributed by atoms with van der Waals surface area (Å²) >= 11 is 8.19. The summed E-state index contributed by atoms with van der Waals surface area (Å²) in [5.41, 5.74) is 1.21. The molecule has 7 heteroatoms. The van der Waals surface area contributed by atoms with Gasteiger partial charge in [0.05, 0.1) is 19.5 Å². The lowest BCUT2D eigenvalue weighted by Crippen LogP contribution is -2.37. The maximum absolute atomic E-state index is 6.17. The monoisotopic (exact) mass is 348 g/mol. The van der Waals surface area contributed by atoms with Gasteiger partial charge in [0.2, 0.25) is 0 Å². The molecule has 2 heterocycles. The van der Waals surface area contributed by atoms with Gasteiger partial charge in [-0.05, 0) is 24.1 Å². The first kappa shape index (κ1) is 17.0. The Kier molecular flexibility index (Phi) is 5.76. The van der Waals surface area contributed by atoms with Crippen LogP contribution in [-0.4, -0.2) is 51.3 Å². The highest BCUT2D eigenvalue weighted by atomic mass is 35.5. The van der Waals surface area contributed by atoms with E-state index in [4.69, 9.17) is 24.9 Å². The third kappa shape index (κ3) is 4.57. The van der Waals surface area contributed by atoms with Crippen LogP contribution in [-0.2, 0) is 26.2 Å². The largest absolute Gasteiger partial charge is 0.514 e. The molecule has 2 aromatic rings. The minimum Gasteiger partial charge on any atom is -0.514 e. The molecular weight excluding hydrogens is 331 g/mol. The molecule has 0 N–H and O–H groups in total. The van der Waals surface area contributed by atoms with E-state index in [9.17, 15) is 0 Å². The van der Waals surface area contributed by atoms with Crippen molar-refractivity contribution >= 4 is 28.2 Å². The number of aromatic nitrogens is 2. The molecule has 1 aliphatic rings. The standard InChI is InChI=1S/C16H18ClN2O3.Al/c17-14-3-1-13(2-4-14)5-6-16(11-19-8-7-18-12-19)21-10-15(9-20)22-16;/h1-4,7-8,12,15H,5-6,9-11H2;/q-1;+1/t15-,16-;/m1./s1. The zero-order chi connectivity index (χ0) is 16.1. The normalized spacial score (nSPS) is 24.1. The van der Waals surface area contributed by atoms with Gasteiger partial charge in [-0.3, -0.25) is 0 Å². The maximum Gasteiger partial charge on any atom is 0.369 e. The Morgan fingerprint density at radius 3 is 2.91 bits per heavy atom. The second kappa shape index (κ2) is 7.80. The summed E-state index contributed by atoms with van der Waals surface area (Å²) in [5, 5.41) is 0.743. The summed E-state index contributed by atoms with van der Waals surface area (Å²) in [6.45, 7) is 1.63. The Balaban J connectivity index is 1.69. The number of hydrogen-bond donors (Lipinski definition) is 0. The van der Waals surface area contributed by atoms with Crippen LogP contribution < -0.4 is 0 Å². The molecule has 1 saturated heterocycles. The molecule has 0 spiro atoms. The molecule has 2 atom stereocenters. The highest BCUT2D eigenvalue weighted by Gasteiger charge is 2.41. The highest BCUT2D eigenvalue weighted by Crippen LogP contribution is 2.31. The fraction of sp³-hybridized carbons (Fsp3) is 0.438. The molecule has 23 heavy (non-hydrogen) atoms. The molecule has 5 nitrogen and oxygen atoms in total. The van der Waals surface area contributed by atoms with E-state index in [1.54, 1.807) is 12.5 Å². The third-order valence-electron chi connectivity index (χ3n) is 3.89. The van der Waals surface area contributed by atoms with E-state index in [1.807, 2.05) is 35.0 Å². The Morgan fingerprint density at radius 1 is 1.39 bits per heavy atom. The number of hydrogen-bond acceptors (Lipinski definition) is 4. The van der Waals surface area contributed by atoms with Crippen molar-refractivity contribution in [2.24, 2.45) is 0 Å². The second-order valence-electron chi connectivity index (χ2n) is 5.66. The first-order valence-electron chi connectivity index (χ1n) is 7.53. The van der Waals surface area contributed by atoms with Gasteiger partial charge in [-0.25, -0.2) is 4.98 Å². The van der Waals surface area contributed by atoms with Crippen molar-refractivity contribution in [2.45, 2.75) is 31.3 Å². The van der Waals surface area contributed by atoms with Crippen LogP contribution in [0.5, 0.6) is 0 Å². The molecule has 2 radical (unpaired) electrons. The fourth-order valence-corrected chi connectivity index (χ4v) is 3.08. The number of aryl methyl sites for hydroxylation is 1. The van der Waals surface area contributed by atoms with Crippen molar-refractivity contribution in [2.75, 3.05) is 13.2 Å². The number of halogens is 1. The molecule has 0 aliphatic carbocycles. The van der Waals surface area contributed by atoms with Crippen molar-refractivity contribution in [3.63, 3.8) is 0 Å². The molecule has 1 aromatic carbocycles. The smallest absolute Gasteiger partial charge is 0.369 e. The van der Waals surface area contributed by atoms with Gasteiger partial charge in [0.15, 0.2) is 5.79 Å². The minimum absolute atomic E-state index is 0.0544. The van der Waals surface area contributed by atoms with Crippen LogP contribution in [0.25, 0.3) is 0 Å². The van der Waals surface area contributed by atoms with Crippen molar-refractivity contribution in [3.05, 3.63) is 53.6 Å². The van der Waals surface area contributed by atoms with Gasteiger partial charge in [0.25, 0.3) is 0 Å². The molecule has 1 aliphatic heterocycles. The van der Waals surface area contributed by atoms with E-state index >= 15 is 0 Å². The Labute approximate surface area is 149 Å². The van der Waals surface area contributed by atoms with E-state index in [0.29, 0.717) is 19.8 Å². The Hall–Kier alpha value is -0.868. The van der Waals surface area contributed by atoms with Crippen molar-refractivity contribution in [1.82, 2.24) is 9.55 Å². The number of ether oxygens (including phenoxy) is 2. The molecular formula is C16H18AlClN2O3. The molecule has 1 aromatic heterocycles. The summed E-state index contributed by atoms with van der Waals surface area (Å²) < 4.78 is 19.3. The first-order chi connectivity index (χ1) is 11.2. The van der Waals surface area contributed by atoms with Gasteiger partial charge in [-0.2, -0.15) is 0 Å². The van der Waals surface area contributed by atoms with Crippen molar-refractivity contribution < 1.29 is 13.3 Å². The summed E-state index contributed by atoms with van der Waals surface area (Å²) in [4.78, 5) is 4.09. The van der Waals surface area contributed by atoms with E-state index < -0.39 is 5.79 Å². The number of rotatable bonds is 7. The highest BCUT2D eigenvalue weighted by molar-refractivity contribution is 6.30. The molecule has 120 valence electrons. The predicted octanol–water partition coefficient (Wildman–Crippen LogP) is 2.38. The SMILES string of the molecule is [Al][O]C[C@@H]1CO[C@@](CCc2ccc(Cl)cc2)(Cn2ccnc2)O1. The van der Waals surface area contributed by atoms with Gasteiger partial charge in [-0.1, -0.05) is 23.7 Å². The first-order valence-corrected chi connectivity index (χ1v) is 8.38. The quantitative estimate of drug-likeness (QED) is 0.721. The fourth-order valence-electron chi connectivity index (χ4n) is 2.74. The van der Waals surface area contributed by atoms with Crippen LogP contribution in [0.3, 0.4) is 0 Å². The average Bonchev–Trinajstić information content (AvgIpc) is 3.18. The summed E-state index contributed by atoms with van der Waals surface area (Å²) in [6, 6.07) is 7.87. The van der Waals surface area contributed by atoms with Gasteiger partial charge in [0, 0.05) is 30.4 Å². The van der Waals surface area contributed by atoms with Crippen molar-refractivity contribution in [3.8, 4) is 0 Å². The van der Waals surface area contributed by atoms with E-state index in [2.05, 4.69) is 21.6 Å². The Bertz CT molecular complexity index is 608. The predicted molar refractivity (Wildman–Crippen MR) is 87.3 cm³/mol. The topological polar surface area (TPSA) is 45.5 Å². The average molecular weight is 349 g/mol. The summed E-state index contributed by atoms with van der Waals surface area (Å²) in [5.74, 6) is -0.659. The van der Waals surface area contributed by atoms with E-state index in [-0.39, 0.29) is 6.10 Å². The molecule has 1 fully saturated rings. The van der Waals surface area contributed by atoms with Gasteiger partial charge in [0.1, 0.15) is 6.10 Å². The van der Waals surface area contributed by atoms with Gasteiger partial charge < -0.3 is 17.8 Å². The van der Waals surface area contributed by atoms with Crippen LogP contribution >= 0.6 is 11.6 Å². The third-order valence-corrected chi connectivity index (χ3v) is 4.33. The number of nitrogens with zero attached hydrogens (tertiary/aromatic N) is 2. The molecule has 0 unspecified atom stereocenters. The molecule has 3 rings (SSSR count). The van der Waals surface area contributed by atoms with Crippen LogP contribution in [0.2, 0.25) is 5.02 Å². The lowest BCUT2D eigenvalue weighted by Gasteiger charge is -2.28. The zero-order valence-electron chi connectivity index (χ0n) is 12.7. The lowest BCUT2D eigenvalue weighted by molar-refractivity contribution is -0.184. The van der Waals surface area contributed by atoms with E-state index in [1.165, 1.54) is 5.56 Å². The van der Waals surface area contributed by atoms with Crippen molar-refractivity contribution in [1.29, 1.82) is 0 Å². The van der Waals surface area contributed by atoms with Crippen LogP contribution in [0, 0.1) is 0 Å². The molecule has 0 saturated carbocycles. The number of benzene rings is 1. The second-order valence-corrected chi connectivity index (χ2v) is 6.43. The van der Waals surface area contributed by atoms with Crippen LogP contribution in [0.1, 0.15) is 12.0 Å². The molecule has 0 bridgehead atoms. The van der Waals surface area contributed by atoms with Crippen LogP contribution in [0.4, 0.5) is 0 Å². The maximum atomic E-state index is 6.17. The summed E-state index contributed by atoms with van der Waals surface area (Å²) in [7, 11) is 0. The van der Waals surface area contributed by atoms with Gasteiger partial charge in [-0.15, -0.1) is 0 Å². The zero-order valence-corrected chi connectivity index (χ0v) is 14.6. The molecule has 0 amide bonds. The Morgan fingerprint density at radius 2 is 2.22 bits per heavy atom. The summed E-state index contributed by atoms with van der Waals surface area (Å²) in [6.07, 6.45) is 6.99. The minimum atomic E-state index is -0.659. The van der Waals surface area contributed by atoms with Gasteiger partial charge >= 0.3 is 16.6 Å². The number of imidazole rings is 1. The van der Waals surface area contributed by atoms with E-state index in [0.717, 1.165) is 17.9 Å². The lowest BCUT2D eigenvalue weighted by atomic mass is 10.0. The van der Waals surface area contributed by atoms with Crippen LogP contribution in [0.15, 0.2) is 43.0 Å².